The zero-order valence-corrected chi connectivity index (χ0v) is 16.2. The van der Waals surface area contributed by atoms with Crippen molar-refractivity contribution >= 4 is 5.97 Å². The third-order valence-electron chi connectivity index (χ3n) is 4.34. The minimum Gasteiger partial charge on any atom is -0.493 e. The number of carbonyl (C=O) groups is 1. The van der Waals surface area contributed by atoms with Crippen molar-refractivity contribution in [1.82, 2.24) is 0 Å². The quantitative estimate of drug-likeness (QED) is 0.395. The van der Waals surface area contributed by atoms with Gasteiger partial charge in [0.15, 0.2) is 11.5 Å². The summed E-state index contributed by atoms with van der Waals surface area (Å²) in [4.78, 5) is 12.2. The number of benzene rings is 3. The average molecular weight is 376 g/mol. The van der Waals surface area contributed by atoms with Gasteiger partial charge in [-0.1, -0.05) is 48.5 Å². The molecule has 4 nitrogen and oxygen atoms in total. The molecule has 0 aliphatic carbocycles. The van der Waals surface area contributed by atoms with Crippen molar-refractivity contribution in [3.63, 3.8) is 0 Å². The maximum Gasteiger partial charge on any atom is 0.311 e. The van der Waals surface area contributed by atoms with Gasteiger partial charge in [-0.2, -0.15) is 0 Å². The molecular weight excluding hydrogens is 352 g/mol. The van der Waals surface area contributed by atoms with E-state index in [1.54, 1.807) is 7.11 Å². The molecule has 0 heterocycles. The molecule has 3 aromatic rings. The van der Waals surface area contributed by atoms with Crippen LogP contribution in [0.15, 0.2) is 72.8 Å². The lowest BCUT2D eigenvalue weighted by atomic mass is 10.1. The number of esters is 1. The highest BCUT2D eigenvalue weighted by Gasteiger charge is 2.09. The molecule has 0 saturated carbocycles. The number of rotatable bonds is 8. The number of hydrogen-bond donors (Lipinski definition) is 0. The maximum absolute atomic E-state index is 12.2. The van der Waals surface area contributed by atoms with Crippen LogP contribution >= 0.6 is 0 Å². The van der Waals surface area contributed by atoms with E-state index in [2.05, 4.69) is 0 Å². The normalized spacial score (nSPS) is 10.4. The highest BCUT2D eigenvalue weighted by Crippen LogP contribution is 2.28. The fraction of sp³-hybridized carbons (Fsp3) is 0.208. The van der Waals surface area contributed by atoms with Gasteiger partial charge in [-0.15, -0.1) is 0 Å². The topological polar surface area (TPSA) is 44.8 Å². The molecule has 28 heavy (non-hydrogen) atoms. The molecule has 0 saturated heterocycles. The van der Waals surface area contributed by atoms with Crippen LogP contribution in [0.2, 0.25) is 0 Å². The van der Waals surface area contributed by atoms with E-state index >= 15 is 0 Å². The van der Waals surface area contributed by atoms with Crippen LogP contribution in [0.3, 0.4) is 0 Å². The second-order valence-electron chi connectivity index (χ2n) is 6.28. The number of hydrogen-bond acceptors (Lipinski definition) is 4. The average Bonchev–Trinajstić information content (AvgIpc) is 2.74. The molecule has 0 spiro atoms. The first kappa shape index (κ1) is 19.5. The summed E-state index contributed by atoms with van der Waals surface area (Å²) in [7, 11) is 1.61. The van der Waals surface area contributed by atoms with Crippen molar-refractivity contribution in [2.75, 3.05) is 13.7 Å². The predicted molar refractivity (Wildman–Crippen MR) is 110 cm³/mol. The van der Waals surface area contributed by atoms with Gasteiger partial charge in [-0.05, 0) is 54.3 Å². The van der Waals surface area contributed by atoms with E-state index in [-0.39, 0.29) is 12.4 Å². The Kier molecular flexibility index (Phi) is 6.68. The molecule has 0 radical (unpaired) electrons. The van der Waals surface area contributed by atoms with Gasteiger partial charge in [0.1, 0.15) is 5.75 Å². The molecule has 144 valence electrons. The van der Waals surface area contributed by atoms with E-state index in [9.17, 15) is 4.79 Å². The fourth-order valence-electron chi connectivity index (χ4n) is 2.92. The maximum atomic E-state index is 12.2. The first-order valence-corrected chi connectivity index (χ1v) is 9.35. The molecule has 0 aliphatic heterocycles. The summed E-state index contributed by atoms with van der Waals surface area (Å²) in [6.45, 7) is 2.50. The van der Waals surface area contributed by atoms with Crippen LogP contribution in [0.1, 0.15) is 18.9 Å². The molecule has 3 aromatic carbocycles. The Morgan fingerprint density at radius 1 is 0.857 bits per heavy atom. The van der Waals surface area contributed by atoms with Gasteiger partial charge in [-0.25, -0.2) is 0 Å². The number of aryl methyl sites for hydroxylation is 1. The summed E-state index contributed by atoms with van der Waals surface area (Å²) in [6, 6.07) is 23.3. The van der Waals surface area contributed by atoms with Crippen LogP contribution in [0, 0.1) is 0 Å². The van der Waals surface area contributed by atoms with E-state index in [1.807, 2.05) is 79.7 Å². The SMILES string of the molecule is CCOc1ccc(CCC(=O)Oc2ccc(-c3ccccc3)cc2)cc1OC. The third-order valence-corrected chi connectivity index (χ3v) is 4.34. The zero-order valence-electron chi connectivity index (χ0n) is 16.2. The van der Waals surface area contributed by atoms with Gasteiger partial charge in [0.25, 0.3) is 0 Å². The van der Waals surface area contributed by atoms with E-state index < -0.39 is 0 Å². The van der Waals surface area contributed by atoms with Crippen molar-refractivity contribution in [2.45, 2.75) is 19.8 Å². The number of ether oxygens (including phenoxy) is 3. The first-order valence-electron chi connectivity index (χ1n) is 9.35. The molecule has 4 heteroatoms. The lowest BCUT2D eigenvalue weighted by Gasteiger charge is -2.11. The van der Waals surface area contributed by atoms with Crippen LogP contribution in [-0.2, 0) is 11.2 Å². The molecule has 0 N–H and O–H groups in total. The highest BCUT2D eigenvalue weighted by atomic mass is 16.5. The number of methoxy groups -OCH3 is 1. The molecule has 0 aromatic heterocycles. The summed E-state index contributed by atoms with van der Waals surface area (Å²) in [6.07, 6.45) is 0.862. The van der Waals surface area contributed by atoms with Crippen molar-refractivity contribution in [3.05, 3.63) is 78.4 Å². The van der Waals surface area contributed by atoms with Crippen LogP contribution in [0.5, 0.6) is 17.2 Å². The minimum atomic E-state index is -0.264. The molecule has 0 atom stereocenters. The summed E-state index contributed by atoms with van der Waals surface area (Å²) >= 11 is 0. The van der Waals surface area contributed by atoms with Crippen molar-refractivity contribution in [2.24, 2.45) is 0 Å². The lowest BCUT2D eigenvalue weighted by Crippen LogP contribution is -2.09. The fourth-order valence-corrected chi connectivity index (χ4v) is 2.92. The molecule has 0 unspecified atom stereocenters. The largest absolute Gasteiger partial charge is 0.493 e. The summed E-state index contributed by atoms with van der Waals surface area (Å²) in [5.74, 6) is 1.66. The van der Waals surface area contributed by atoms with E-state index in [0.29, 0.717) is 30.3 Å². The molecule has 0 aliphatic rings. The van der Waals surface area contributed by atoms with E-state index in [0.717, 1.165) is 16.7 Å². The first-order chi connectivity index (χ1) is 13.7. The van der Waals surface area contributed by atoms with Gasteiger partial charge in [-0.3, -0.25) is 4.79 Å². The zero-order chi connectivity index (χ0) is 19.8. The molecule has 0 bridgehead atoms. The van der Waals surface area contributed by atoms with Gasteiger partial charge < -0.3 is 14.2 Å². The minimum absolute atomic E-state index is 0.264. The second kappa shape index (κ2) is 9.60. The monoisotopic (exact) mass is 376 g/mol. The standard InChI is InChI=1S/C24H24O4/c1-3-27-22-15-9-18(17-23(22)26-2)10-16-24(25)28-21-13-11-20(12-14-21)19-7-5-4-6-8-19/h4-9,11-15,17H,3,10,16H2,1-2H3. The Hall–Kier alpha value is -3.27. The Morgan fingerprint density at radius 3 is 2.25 bits per heavy atom. The second-order valence-corrected chi connectivity index (χ2v) is 6.28. The molecule has 0 amide bonds. The van der Waals surface area contributed by atoms with Gasteiger partial charge in [0, 0.05) is 6.42 Å². The smallest absolute Gasteiger partial charge is 0.311 e. The van der Waals surface area contributed by atoms with Crippen LogP contribution < -0.4 is 14.2 Å². The van der Waals surface area contributed by atoms with E-state index in [4.69, 9.17) is 14.2 Å². The molecule has 3 rings (SSSR count). The van der Waals surface area contributed by atoms with Gasteiger partial charge >= 0.3 is 5.97 Å². The van der Waals surface area contributed by atoms with Crippen molar-refractivity contribution in [1.29, 1.82) is 0 Å². The van der Waals surface area contributed by atoms with Crippen molar-refractivity contribution in [3.8, 4) is 28.4 Å². The molecule has 0 fully saturated rings. The van der Waals surface area contributed by atoms with Crippen LogP contribution in [0.25, 0.3) is 11.1 Å². The van der Waals surface area contributed by atoms with Crippen LogP contribution in [-0.4, -0.2) is 19.7 Å². The Labute approximate surface area is 165 Å². The van der Waals surface area contributed by atoms with Crippen LogP contribution in [0.4, 0.5) is 0 Å². The molecular formula is C24H24O4. The summed E-state index contributed by atoms with van der Waals surface area (Å²) in [5.41, 5.74) is 3.21. The number of carbonyl (C=O) groups excluding carboxylic acids is 1. The highest BCUT2D eigenvalue weighted by molar-refractivity contribution is 5.73. The predicted octanol–water partition coefficient (Wildman–Crippen LogP) is 5.30. The Morgan fingerprint density at radius 2 is 1.57 bits per heavy atom. The third kappa shape index (κ3) is 5.13. The Balaban J connectivity index is 1.56. The van der Waals surface area contributed by atoms with Gasteiger partial charge in [0.05, 0.1) is 13.7 Å². The Bertz CT molecular complexity index is 902. The lowest BCUT2D eigenvalue weighted by molar-refractivity contribution is -0.134. The summed E-state index contributed by atoms with van der Waals surface area (Å²) in [5, 5.41) is 0. The summed E-state index contributed by atoms with van der Waals surface area (Å²) < 4.78 is 16.3. The van der Waals surface area contributed by atoms with Gasteiger partial charge in [0.2, 0.25) is 0 Å². The van der Waals surface area contributed by atoms with Crippen molar-refractivity contribution < 1.29 is 19.0 Å². The van der Waals surface area contributed by atoms with E-state index in [1.165, 1.54) is 0 Å².